The van der Waals surface area contributed by atoms with Gasteiger partial charge in [0.25, 0.3) is 0 Å². The molecule has 1 heterocycles. The summed E-state index contributed by atoms with van der Waals surface area (Å²) in [6, 6.07) is 26.8. The largest absolute Gasteiger partial charge is 0.497 e. The molecule has 0 saturated carbocycles. The van der Waals surface area contributed by atoms with E-state index in [1.165, 1.54) is 5.56 Å². The molecule has 192 valence electrons. The Kier molecular flexibility index (Phi) is 8.23. The second-order valence-corrected chi connectivity index (χ2v) is 10.1. The van der Waals surface area contributed by atoms with Crippen LogP contribution in [0.2, 0.25) is 0 Å². The summed E-state index contributed by atoms with van der Waals surface area (Å²) >= 11 is 0. The fraction of sp³-hybridized carbons (Fsp3) is 0.300. The monoisotopic (exact) mass is 496 g/mol. The number of hydrogen-bond donors (Lipinski definition) is 3. The van der Waals surface area contributed by atoms with Crippen LogP contribution in [-0.4, -0.2) is 22.1 Å². The second-order valence-electron chi connectivity index (χ2n) is 10.1. The molecular formula is C30H36N6O. The zero-order valence-corrected chi connectivity index (χ0v) is 22.2. The van der Waals surface area contributed by atoms with Crippen LogP contribution in [-0.2, 0) is 18.5 Å². The molecule has 4 rings (SSSR count). The lowest BCUT2D eigenvalue weighted by Crippen LogP contribution is -2.15. The molecule has 0 aliphatic rings. The third kappa shape index (κ3) is 7.43. The van der Waals surface area contributed by atoms with Gasteiger partial charge in [0.1, 0.15) is 5.75 Å². The molecule has 0 amide bonds. The van der Waals surface area contributed by atoms with Crippen LogP contribution in [0.25, 0.3) is 0 Å². The Morgan fingerprint density at radius 3 is 1.92 bits per heavy atom. The van der Waals surface area contributed by atoms with Gasteiger partial charge in [-0.2, -0.15) is 15.0 Å². The zero-order valence-electron chi connectivity index (χ0n) is 22.2. The zero-order chi connectivity index (χ0) is 26.3. The first-order valence-corrected chi connectivity index (χ1v) is 12.6. The number of rotatable bonds is 10. The van der Waals surface area contributed by atoms with Crippen molar-refractivity contribution < 1.29 is 4.74 Å². The number of nitrogens with zero attached hydrogens (tertiary/aromatic N) is 3. The van der Waals surface area contributed by atoms with Crippen LogP contribution in [0.4, 0.5) is 17.8 Å². The van der Waals surface area contributed by atoms with E-state index in [4.69, 9.17) is 4.74 Å². The standard InChI is InChI=1S/C30H36N6O/c1-21(24-12-9-13-26(18-24)37-5)33-29-35-27(31-19-22-10-7-6-8-11-22)34-28(36-29)32-20-23-14-16-25(17-15-23)30(2,3)4/h6-18,21H,19-20H2,1-5H3,(H3,31,32,33,34,35,36). The topological polar surface area (TPSA) is 84.0 Å². The van der Waals surface area contributed by atoms with Gasteiger partial charge in [-0.3, -0.25) is 0 Å². The lowest BCUT2D eigenvalue weighted by molar-refractivity contribution is 0.414. The molecule has 0 aliphatic heterocycles. The SMILES string of the molecule is COc1cccc(C(C)Nc2nc(NCc3ccccc3)nc(NCc3ccc(C(C)(C)C)cc3)n2)c1. The van der Waals surface area contributed by atoms with Crippen molar-refractivity contribution in [3.05, 3.63) is 101 Å². The Labute approximate surface area is 219 Å². The predicted octanol–water partition coefficient (Wildman–Crippen LogP) is 6.58. The summed E-state index contributed by atoms with van der Waals surface area (Å²) in [5, 5.41) is 10.1. The lowest BCUT2D eigenvalue weighted by Gasteiger charge is -2.19. The number of anilines is 3. The molecule has 0 radical (unpaired) electrons. The smallest absolute Gasteiger partial charge is 0.229 e. The van der Waals surface area contributed by atoms with E-state index in [-0.39, 0.29) is 11.5 Å². The summed E-state index contributed by atoms with van der Waals surface area (Å²) in [5.41, 5.74) is 4.82. The molecule has 0 saturated heterocycles. The normalized spacial score (nSPS) is 12.0. The van der Waals surface area contributed by atoms with Crippen LogP contribution in [0, 0.1) is 0 Å². The Morgan fingerprint density at radius 2 is 1.32 bits per heavy atom. The number of benzene rings is 3. The van der Waals surface area contributed by atoms with Gasteiger partial charge in [-0.1, -0.05) is 87.5 Å². The van der Waals surface area contributed by atoms with E-state index >= 15 is 0 Å². The first kappa shape index (κ1) is 25.9. The molecule has 1 aromatic heterocycles. The minimum absolute atomic E-state index is 0.0303. The Bertz CT molecular complexity index is 1290. The van der Waals surface area contributed by atoms with Gasteiger partial charge >= 0.3 is 0 Å². The molecule has 0 spiro atoms. The minimum atomic E-state index is -0.0303. The third-order valence-corrected chi connectivity index (χ3v) is 6.14. The van der Waals surface area contributed by atoms with E-state index in [0.717, 1.165) is 22.4 Å². The van der Waals surface area contributed by atoms with Gasteiger partial charge in [-0.25, -0.2) is 0 Å². The summed E-state index contributed by atoms with van der Waals surface area (Å²) < 4.78 is 5.38. The van der Waals surface area contributed by atoms with Crippen molar-refractivity contribution in [3.8, 4) is 5.75 Å². The van der Waals surface area contributed by atoms with Crippen molar-refractivity contribution in [2.24, 2.45) is 0 Å². The van der Waals surface area contributed by atoms with E-state index in [2.05, 4.69) is 101 Å². The van der Waals surface area contributed by atoms with Crippen molar-refractivity contribution in [1.29, 1.82) is 0 Å². The summed E-state index contributed by atoms with van der Waals surface area (Å²) in [7, 11) is 1.67. The van der Waals surface area contributed by atoms with Crippen molar-refractivity contribution >= 4 is 17.8 Å². The molecule has 7 nitrogen and oxygen atoms in total. The van der Waals surface area contributed by atoms with Gasteiger partial charge in [0.15, 0.2) is 0 Å². The molecule has 3 aromatic carbocycles. The van der Waals surface area contributed by atoms with E-state index in [1.807, 2.05) is 36.4 Å². The second kappa shape index (κ2) is 11.7. The molecule has 3 N–H and O–H groups in total. The molecule has 1 atom stereocenters. The van der Waals surface area contributed by atoms with Crippen LogP contribution in [0.5, 0.6) is 5.75 Å². The highest BCUT2D eigenvalue weighted by Crippen LogP contribution is 2.24. The first-order valence-electron chi connectivity index (χ1n) is 12.6. The molecule has 0 bridgehead atoms. The fourth-order valence-electron chi connectivity index (χ4n) is 3.87. The molecule has 0 fully saturated rings. The highest BCUT2D eigenvalue weighted by Gasteiger charge is 2.14. The van der Waals surface area contributed by atoms with Crippen LogP contribution in [0.1, 0.15) is 56.0 Å². The molecular weight excluding hydrogens is 460 g/mol. The quantitative estimate of drug-likeness (QED) is 0.229. The summed E-state index contributed by atoms with van der Waals surface area (Å²) in [4.78, 5) is 13.9. The van der Waals surface area contributed by atoms with Crippen LogP contribution in [0.3, 0.4) is 0 Å². The minimum Gasteiger partial charge on any atom is -0.497 e. The molecule has 1 unspecified atom stereocenters. The molecule has 7 heteroatoms. The highest BCUT2D eigenvalue weighted by atomic mass is 16.5. The molecule has 0 aliphatic carbocycles. The fourth-order valence-corrected chi connectivity index (χ4v) is 3.87. The number of ether oxygens (including phenoxy) is 1. The maximum Gasteiger partial charge on any atom is 0.229 e. The number of hydrogen-bond acceptors (Lipinski definition) is 7. The average Bonchev–Trinajstić information content (AvgIpc) is 2.91. The third-order valence-electron chi connectivity index (χ3n) is 6.14. The van der Waals surface area contributed by atoms with Gasteiger partial charge in [0.2, 0.25) is 17.8 Å². The van der Waals surface area contributed by atoms with Gasteiger partial charge in [-0.05, 0) is 46.7 Å². The number of aromatic nitrogens is 3. The predicted molar refractivity (Wildman–Crippen MR) is 151 cm³/mol. The van der Waals surface area contributed by atoms with Crippen molar-refractivity contribution in [3.63, 3.8) is 0 Å². The average molecular weight is 497 g/mol. The first-order chi connectivity index (χ1) is 17.8. The highest BCUT2D eigenvalue weighted by molar-refractivity contribution is 5.45. The van der Waals surface area contributed by atoms with E-state index in [1.54, 1.807) is 7.11 Å². The molecule has 37 heavy (non-hydrogen) atoms. The van der Waals surface area contributed by atoms with Crippen molar-refractivity contribution in [2.45, 2.75) is 52.2 Å². The summed E-state index contributed by atoms with van der Waals surface area (Å²) in [6.45, 7) is 9.95. The number of methoxy groups -OCH3 is 1. The van der Waals surface area contributed by atoms with E-state index in [0.29, 0.717) is 30.9 Å². The van der Waals surface area contributed by atoms with E-state index < -0.39 is 0 Å². The Morgan fingerprint density at radius 1 is 0.730 bits per heavy atom. The van der Waals surface area contributed by atoms with Gasteiger partial charge < -0.3 is 20.7 Å². The van der Waals surface area contributed by atoms with Crippen molar-refractivity contribution in [1.82, 2.24) is 15.0 Å². The van der Waals surface area contributed by atoms with Gasteiger partial charge in [-0.15, -0.1) is 0 Å². The van der Waals surface area contributed by atoms with Crippen LogP contribution < -0.4 is 20.7 Å². The van der Waals surface area contributed by atoms with Crippen LogP contribution >= 0.6 is 0 Å². The summed E-state index contributed by atoms with van der Waals surface area (Å²) in [6.07, 6.45) is 0. The van der Waals surface area contributed by atoms with Gasteiger partial charge in [0.05, 0.1) is 13.2 Å². The maximum atomic E-state index is 5.38. The van der Waals surface area contributed by atoms with Crippen molar-refractivity contribution in [2.75, 3.05) is 23.1 Å². The Balaban J connectivity index is 1.52. The van der Waals surface area contributed by atoms with E-state index in [9.17, 15) is 0 Å². The number of nitrogens with one attached hydrogen (secondary N) is 3. The summed E-state index contributed by atoms with van der Waals surface area (Å²) in [5.74, 6) is 2.31. The maximum absolute atomic E-state index is 5.38. The Hall–Kier alpha value is -4.13. The lowest BCUT2D eigenvalue weighted by atomic mass is 9.87. The van der Waals surface area contributed by atoms with Crippen LogP contribution in [0.15, 0.2) is 78.9 Å². The molecule has 4 aromatic rings. The van der Waals surface area contributed by atoms with Gasteiger partial charge in [0, 0.05) is 13.1 Å².